The van der Waals surface area contributed by atoms with Crippen LogP contribution in [-0.4, -0.2) is 29.3 Å². The van der Waals surface area contributed by atoms with Gasteiger partial charge >= 0.3 is 0 Å². The number of benzene rings is 1. The van der Waals surface area contributed by atoms with Crippen molar-refractivity contribution in [2.24, 2.45) is 7.05 Å². The van der Waals surface area contributed by atoms with Gasteiger partial charge in [0.25, 0.3) is 0 Å². The first kappa shape index (κ1) is 14.3. The largest absolute Gasteiger partial charge is 0.454 e. The summed E-state index contributed by atoms with van der Waals surface area (Å²) >= 11 is 0. The smallest absolute Gasteiger partial charge is 0.233 e. The van der Waals surface area contributed by atoms with Gasteiger partial charge in [0.2, 0.25) is 5.91 Å². The van der Waals surface area contributed by atoms with Gasteiger partial charge in [-0.05, 0) is 12.1 Å². The summed E-state index contributed by atoms with van der Waals surface area (Å²) in [7, 11) is 3.49. The second kappa shape index (κ2) is 6.03. The van der Waals surface area contributed by atoms with Gasteiger partial charge in [-0.3, -0.25) is 9.48 Å². The molecule has 0 fully saturated rings. The first-order valence-electron chi connectivity index (χ1n) is 7.10. The Bertz CT molecular complexity index is 770. The van der Waals surface area contributed by atoms with E-state index in [-0.39, 0.29) is 12.5 Å². The van der Waals surface area contributed by atoms with Gasteiger partial charge in [-0.15, -0.1) is 0 Å². The first-order valence-corrected chi connectivity index (χ1v) is 7.10. The van der Waals surface area contributed by atoms with Crippen molar-refractivity contribution < 1.29 is 9.21 Å². The number of fused-ring (bicyclic) bond motifs is 1. The Balaban J connectivity index is 1.85. The molecule has 2 heterocycles. The van der Waals surface area contributed by atoms with Crippen molar-refractivity contribution >= 4 is 16.9 Å². The standard InChI is InChI=1S/C16H18N4O2/c1-17-15(21)9-18-8-12-10-20(2)19-16(12)14-7-11-5-3-4-6-13(11)22-14/h3-7,10,18H,8-9H2,1-2H3,(H,17,21). The summed E-state index contributed by atoms with van der Waals surface area (Å²) in [4.78, 5) is 11.3. The van der Waals surface area contributed by atoms with E-state index in [2.05, 4.69) is 15.7 Å². The third-order valence-corrected chi connectivity index (χ3v) is 3.44. The summed E-state index contributed by atoms with van der Waals surface area (Å²) in [5, 5.41) is 11.2. The summed E-state index contributed by atoms with van der Waals surface area (Å²) in [6.45, 7) is 0.818. The molecule has 0 atom stereocenters. The van der Waals surface area contributed by atoms with Crippen molar-refractivity contribution in [2.45, 2.75) is 6.54 Å². The third kappa shape index (κ3) is 2.87. The zero-order chi connectivity index (χ0) is 15.5. The van der Waals surface area contributed by atoms with Gasteiger partial charge in [-0.25, -0.2) is 0 Å². The molecule has 0 radical (unpaired) electrons. The Hall–Kier alpha value is -2.60. The average Bonchev–Trinajstić information content (AvgIpc) is 3.10. The van der Waals surface area contributed by atoms with Crippen LogP contribution in [0.3, 0.4) is 0 Å². The third-order valence-electron chi connectivity index (χ3n) is 3.44. The Morgan fingerprint density at radius 1 is 1.36 bits per heavy atom. The molecule has 2 N–H and O–H groups in total. The quantitative estimate of drug-likeness (QED) is 0.751. The number of furan rings is 1. The van der Waals surface area contributed by atoms with Crippen LogP contribution in [0.25, 0.3) is 22.4 Å². The predicted octanol–water partition coefficient (Wildman–Crippen LogP) is 1.67. The van der Waals surface area contributed by atoms with Gasteiger partial charge in [0.15, 0.2) is 5.76 Å². The van der Waals surface area contributed by atoms with Crippen LogP contribution in [0.15, 0.2) is 40.9 Å². The van der Waals surface area contributed by atoms with E-state index in [4.69, 9.17) is 4.42 Å². The van der Waals surface area contributed by atoms with E-state index < -0.39 is 0 Å². The number of aryl methyl sites for hydroxylation is 1. The Kier molecular flexibility index (Phi) is 3.93. The lowest BCUT2D eigenvalue weighted by molar-refractivity contribution is -0.119. The lowest BCUT2D eigenvalue weighted by Crippen LogP contribution is -2.30. The highest BCUT2D eigenvalue weighted by Gasteiger charge is 2.14. The van der Waals surface area contributed by atoms with E-state index in [1.54, 1.807) is 11.7 Å². The molecule has 114 valence electrons. The van der Waals surface area contributed by atoms with Gasteiger partial charge in [0.1, 0.15) is 11.3 Å². The fourth-order valence-electron chi connectivity index (χ4n) is 2.37. The number of aromatic nitrogens is 2. The molecule has 6 heteroatoms. The second-order valence-electron chi connectivity index (χ2n) is 5.10. The molecule has 3 rings (SSSR count). The molecular weight excluding hydrogens is 280 g/mol. The normalized spacial score (nSPS) is 11.0. The van der Waals surface area contributed by atoms with Crippen LogP contribution in [0.5, 0.6) is 0 Å². The van der Waals surface area contributed by atoms with Crippen molar-refractivity contribution in [1.29, 1.82) is 0 Å². The highest BCUT2D eigenvalue weighted by molar-refractivity contribution is 5.82. The fraction of sp³-hybridized carbons (Fsp3) is 0.250. The molecule has 1 aromatic carbocycles. The van der Waals surface area contributed by atoms with Crippen LogP contribution in [-0.2, 0) is 18.4 Å². The first-order chi connectivity index (χ1) is 10.7. The molecule has 6 nitrogen and oxygen atoms in total. The molecule has 0 unspecified atom stereocenters. The van der Waals surface area contributed by atoms with E-state index in [9.17, 15) is 4.79 Å². The summed E-state index contributed by atoms with van der Waals surface area (Å²) in [6, 6.07) is 9.85. The van der Waals surface area contributed by atoms with Crippen LogP contribution in [0.4, 0.5) is 0 Å². The number of para-hydroxylation sites is 1. The molecule has 0 spiro atoms. The minimum atomic E-state index is -0.0471. The second-order valence-corrected chi connectivity index (χ2v) is 5.10. The SMILES string of the molecule is CNC(=O)CNCc1cn(C)nc1-c1cc2ccccc2o1. The molecule has 22 heavy (non-hydrogen) atoms. The minimum Gasteiger partial charge on any atom is -0.454 e. The summed E-state index contributed by atoms with van der Waals surface area (Å²) < 4.78 is 7.62. The maximum Gasteiger partial charge on any atom is 0.233 e. The molecule has 3 aromatic rings. The van der Waals surface area contributed by atoms with E-state index in [1.165, 1.54) is 0 Å². The van der Waals surface area contributed by atoms with Gasteiger partial charge in [0, 0.05) is 37.8 Å². The molecule has 0 aliphatic carbocycles. The molecule has 0 saturated heterocycles. The van der Waals surface area contributed by atoms with Gasteiger partial charge in [-0.2, -0.15) is 5.10 Å². The highest BCUT2D eigenvalue weighted by atomic mass is 16.3. The monoisotopic (exact) mass is 298 g/mol. The molecule has 0 bridgehead atoms. The van der Waals surface area contributed by atoms with E-state index >= 15 is 0 Å². The number of nitrogens with zero attached hydrogens (tertiary/aromatic N) is 2. The van der Waals surface area contributed by atoms with E-state index in [0.29, 0.717) is 6.54 Å². The molecule has 0 saturated carbocycles. The maximum atomic E-state index is 11.3. The van der Waals surface area contributed by atoms with Gasteiger partial charge in [-0.1, -0.05) is 18.2 Å². The minimum absolute atomic E-state index is 0.0471. The number of hydrogen-bond acceptors (Lipinski definition) is 4. The fourth-order valence-corrected chi connectivity index (χ4v) is 2.37. The lowest BCUT2D eigenvalue weighted by atomic mass is 10.2. The molecule has 2 aromatic heterocycles. The summed E-state index contributed by atoms with van der Waals surface area (Å²) in [6.07, 6.45) is 1.93. The van der Waals surface area contributed by atoms with Crippen LogP contribution >= 0.6 is 0 Å². The predicted molar refractivity (Wildman–Crippen MR) is 84.2 cm³/mol. The number of nitrogens with one attached hydrogen (secondary N) is 2. The average molecular weight is 298 g/mol. The maximum absolute atomic E-state index is 11.3. The molecule has 0 aliphatic heterocycles. The van der Waals surface area contributed by atoms with Crippen molar-refractivity contribution in [3.63, 3.8) is 0 Å². The van der Waals surface area contributed by atoms with Crippen molar-refractivity contribution in [2.75, 3.05) is 13.6 Å². The topological polar surface area (TPSA) is 72.1 Å². The molecule has 1 amide bonds. The Morgan fingerprint density at radius 3 is 2.95 bits per heavy atom. The number of amides is 1. The van der Waals surface area contributed by atoms with Gasteiger partial charge in [0.05, 0.1) is 6.54 Å². The van der Waals surface area contributed by atoms with Crippen molar-refractivity contribution in [3.05, 3.63) is 42.1 Å². The number of carbonyl (C=O) groups is 1. The molecule has 0 aliphatic rings. The summed E-state index contributed by atoms with van der Waals surface area (Å²) in [5.41, 5.74) is 2.63. The Morgan fingerprint density at radius 2 is 2.18 bits per heavy atom. The number of hydrogen-bond donors (Lipinski definition) is 2. The van der Waals surface area contributed by atoms with Crippen LogP contribution in [0.1, 0.15) is 5.56 Å². The van der Waals surface area contributed by atoms with Crippen LogP contribution in [0.2, 0.25) is 0 Å². The number of carbonyl (C=O) groups excluding carboxylic acids is 1. The zero-order valence-electron chi connectivity index (χ0n) is 12.6. The summed E-state index contributed by atoms with van der Waals surface area (Å²) in [5.74, 6) is 0.688. The Labute approximate surface area is 128 Å². The zero-order valence-corrected chi connectivity index (χ0v) is 12.6. The lowest BCUT2D eigenvalue weighted by Gasteiger charge is -2.03. The van der Waals surface area contributed by atoms with E-state index in [0.717, 1.165) is 28.0 Å². The number of rotatable bonds is 5. The molecular formula is C16H18N4O2. The highest BCUT2D eigenvalue weighted by Crippen LogP contribution is 2.28. The number of likely N-dealkylation sites (N-methyl/N-ethyl adjacent to an activating group) is 1. The van der Waals surface area contributed by atoms with Gasteiger partial charge < -0.3 is 15.1 Å². The van der Waals surface area contributed by atoms with Crippen molar-refractivity contribution in [1.82, 2.24) is 20.4 Å². The van der Waals surface area contributed by atoms with Crippen LogP contribution < -0.4 is 10.6 Å². The van der Waals surface area contributed by atoms with Crippen molar-refractivity contribution in [3.8, 4) is 11.5 Å². The van der Waals surface area contributed by atoms with E-state index in [1.807, 2.05) is 43.6 Å². The van der Waals surface area contributed by atoms with Crippen LogP contribution in [0, 0.1) is 0 Å².